The largest absolute Gasteiger partial charge is 0.493 e. The third-order valence-corrected chi connectivity index (χ3v) is 5.05. The van der Waals surface area contributed by atoms with Crippen molar-refractivity contribution in [2.24, 2.45) is 0 Å². The van der Waals surface area contributed by atoms with Crippen molar-refractivity contribution < 1.29 is 38.5 Å². The molecule has 0 aromatic heterocycles. The highest BCUT2D eigenvalue weighted by Gasteiger charge is 2.62. The first kappa shape index (κ1) is 18.0. The van der Waals surface area contributed by atoms with Gasteiger partial charge in [-0.25, -0.2) is 0 Å². The van der Waals surface area contributed by atoms with Crippen molar-refractivity contribution >= 4 is 5.78 Å². The number of nitrogens with zero attached hydrogens (tertiary/aromatic N) is 1. The van der Waals surface area contributed by atoms with Crippen LogP contribution in [0.1, 0.15) is 25.3 Å². The molecule has 2 aliphatic heterocycles. The highest BCUT2D eigenvalue weighted by Crippen LogP contribution is 2.48. The smallest absolute Gasteiger partial charge is 0.251 e. The Morgan fingerprint density at radius 2 is 1.96 bits per heavy atom. The minimum atomic E-state index is -1.62. The Kier molecular flexibility index (Phi) is 4.02. The van der Waals surface area contributed by atoms with E-state index in [1.54, 1.807) is 26.0 Å². The van der Waals surface area contributed by atoms with Crippen LogP contribution in [0.2, 0.25) is 0 Å². The summed E-state index contributed by atoms with van der Waals surface area (Å²) in [6.07, 6.45) is -4.09. The minimum absolute atomic E-state index is 0.0110. The number of rotatable bonds is 3. The Hall–Kier alpha value is -2.43. The molecule has 1 aliphatic carbocycles. The molecule has 10 nitrogen and oxygen atoms in total. The number of fused-ring (bicyclic) bond motifs is 3. The molecule has 5 atom stereocenters. The molecule has 1 saturated heterocycles. The topological polar surface area (TPSA) is 127 Å². The second-order valence-electron chi connectivity index (χ2n) is 7.13. The monoisotopic (exact) mass is 381 g/mol. The fourth-order valence-corrected chi connectivity index (χ4v) is 3.95. The van der Waals surface area contributed by atoms with E-state index in [1.807, 2.05) is 0 Å². The maximum Gasteiger partial charge on any atom is 0.251 e. The lowest BCUT2D eigenvalue weighted by atomic mass is 9.73. The van der Waals surface area contributed by atoms with E-state index in [-0.39, 0.29) is 6.79 Å². The van der Waals surface area contributed by atoms with E-state index >= 15 is 0 Å². The Morgan fingerprint density at radius 1 is 1.26 bits per heavy atom. The van der Waals surface area contributed by atoms with Gasteiger partial charge >= 0.3 is 0 Å². The number of ketones is 1. The standard InChI is InChI=1S/C17H19NO9/c1-17(2)26-15-10(11(18(21)22)12(19)16(27-17)13(15)20)7-4-8(23-3)14-9(5-7)24-6-25-14/h4-5,10-12,15-16,19H,6H2,1-3H3/t10-,11-,12-,15?,16?/m1/s1. The van der Waals surface area contributed by atoms with Crippen molar-refractivity contribution in [3.8, 4) is 17.2 Å². The number of ether oxygens (including phenoxy) is 5. The van der Waals surface area contributed by atoms with Crippen LogP contribution < -0.4 is 14.2 Å². The lowest BCUT2D eigenvalue weighted by Crippen LogP contribution is -2.67. The number of aliphatic hydroxyl groups is 1. The van der Waals surface area contributed by atoms with Crippen LogP contribution >= 0.6 is 0 Å². The average molecular weight is 381 g/mol. The maximum absolute atomic E-state index is 12.7. The zero-order valence-electron chi connectivity index (χ0n) is 14.9. The van der Waals surface area contributed by atoms with Gasteiger partial charge < -0.3 is 28.8 Å². The van der Waals surface area contributed by atoms with Gasteiger partial charge in [0.1, 0.15) is 6.10 Å². The van der Waals surface area contributed by atoms with Crippen molar-refractivity contribution in [2.75, 3.05) is 13.9 Å². The number of benzene rings is 1. The summed E-state index contributed by atoms with van der Waals surface area (Å²) in [7, 11) is 1.43. The molecule has 10 heteroatoms. The summed E-state index contributed by atoms with van der Waals surface area (Å²) in [5, 5.41) is 22.3. The fourth-order valence-electron chi connectivity index (χ4n) is 3.95. The van der Waals surface area contributed by atoms with Gasteiger partial charge in [0.05, 0.1) is 13.0 Å². The number of methoxy groups -OCH3 is 1. The van der Waals surface area contributed by atoms with Gasteiger partial charge in [0.15, 0.2) is 35.3 Å². The molecule has 1 aromatic rings. The average Bonchev–Trinajstić information content (AvgIpc) is 3.07. The number of carbonyl (C=O) groups excluding carboxylic acids is 1. The summed E-state index contributed by atoms with van der Waals surface area (Å²) in [5.41, 5.74) is 0.381. The van der Waals surface area contributed by atoms with Gasteiger partial charge in [-0.3, -0.25) is 14.9 Å². The van der Waals surface area contributed by atoms with Gasteiger partial charge in [-0.1, -0.05) is 0 Å². The molecule has 146 valence electrons. The van der Waals surface area contributed by atoms with Crippen LogP contribution in [0.5, 0.6) is 17.2 Å². The zero-order chi connectivity index (χ0) is 19.5. The Labute approximate surface area is 154 Å². The third-order valence-electron chi connectivity index (χ3n) is 5.05. The Bertz CT molecular complexity index is 808. The predicted molar refractivity (Wildman–Crippen MR) is 87.5 cm³/mol. The van der Waals surface area contributed by atoms with E-state index in [1.165, 1.54) is 7.11 Å². The first-order chi connectivity index (χ1) is 12.7. The SMILES string of the molecule is COc1cc([C@H]2C3OC(C)(C)OC(C3=O)[C@H](O)[C@@H]2[N+](=O)[O-])cc2c1OCO2. The van der Waals surface area contributed by atoms with Crippen molar-refractivity contribution in [2.45, 2.75) is 49.9 Å². The summed E-state index contributed by atoms with van der Waals surface area (Å²) in [5.74, 6) is -1.70. The van der Waals surface area contributed by atoms with E-state index in [4.69, 9.17) is 23.7 Å². The number of hydrogen-bond acceptors (Lipinski definition) is 9. The van der Waals surface area contributed by atoms with Crippen LogP contribution in [0.15, 0.2) is 12.1 Å². The molecular weight excluding hydrogens is 362 g/mol. The van der Waals surface area contributed by atoms with Gasteiger partial charge in [-0.15, -0.1) is 0 Å². The maximum atomic E-state index is 12.7. The molecule has 1 N–H and O–H groups in total. The van der Waals surface area contributed by atoms with Gasteiger partial charge in [0.2, 0.25) is 12.5 Å². The first-order valence-corrected chi connectivity index (χ1v) is 8.42. The van der Waals surface area contributed by atoms with Gasteiger partial charge in [0.25, 0.3) is 6.04 Å². The molecule has 3 aliphatic rings. The molecular formula is C17H19NO9. The predicted octanol–water partition coefficient (Wildman–Crippen LogP) is 0.616. The highest BCUT2D eigenvalue weighted by atomic mass is 16.7. The molecule has 0 amide bonds. The molecule has 4 rings (SSSR count). The summed E-state index contributed by atoms with van der Waals surface area (Å²) in [6, 6.07) is 1.60. The van der Waals surface area contributed by atoms with Gasteiger partial charge in [0, 0.05) is 4.92 Å². The van der Waals surface area contributed by atoms with Crippen molar-refractivity contribution in [3.05, 3.63) is 27.8 Å². The second-order valence-corrected chi connectivity index (χ2v) is 7.13. The van der Waals surface area contributed by atoms with E-state index < -0.39 is 46.8 Å². The number of hydrogen-bond donors (Lipinski definition) is 1. The van der Waals surface area contributed by atoms with E-state index in [2.05, 4.69) is 0 Å². The van der Waals surface area contributed by atoms with Crippen LogP contribution in [-0.4, -0.2) is 59.9 Å². The molecule has 27 heavy (non-hydrogen) atoms. The van der Waals surface area contributed by atoms with Crippen LogP contribution in [0.3, 0.4) is 0 Å². The molecule has 2 unspecified atom stereocenters. The van der Waals surface area contributed by atoms with E-state index in [0.29, 0.717) is 22.8 Å². The van der Waals surface area contributed by atoms with Gasteiger partial charge in [-0.05, 0) is 31.5 Å². The van der Waals surface area contributed by atoms with Crippen molar-refractivity contribution in [3.63, 3.8) is 0 Å². The van der Waals surface area contributed by atoms with Crippen LogP contribution in [-0.2, 0) is 14.3 Å². The van der Waals surface area contributed by atoms with Crippen molar-refractivity contribution in [1.82, 2.24) is 0 Å². The lowest BCUT2D eigenvalue weighted by Gasteiger charge is -2.48. The molecule has 0 radical (unpaired) electrons. The zero-order valence-corrected chi connectivity index (χ0v) is 14.9. The second kappa shape index (κ2) is 6.04. The molecule has 1 aromatic carbocycles. The van der Waals surface area contributed by atoms with Crippen LogP contribution in [0, 0.1) is 10.1 Å². The number of carbonyl (C=O) groups is 1. The fraction of sp³-hybridized carbons (Fsp3) is 0.588. The molecule has 2 heterocycles. The van der Waals surface area contributed by atoms with Crippen LogP contribution in [0.25, 0.3) is 0 Å². The van der Waals surface area contributed by atoms with Gasteiger partial charge in [-0.2, -0.15) is 0 Å². The summed E-state index contributed by atoms with van der Waals surface area (Å²) < 4.78 is 27.2. The third kappa shape index (κ3) is 2.71. The number of aliphatic hydroxyl groups excluding tert-OH is 1. The quantitative estimate of drug-likeness (QED) is 0.592. The normalized spacial score (nSPS) is 33.6. The number of nitro groups is 1. The highest BCUT2D eigenvalue weighted by molar-refractivity contribution is 5.91. The van der Waals surface area contributed by atoms with Crippen LogP contribution in [0.4, 0.5) is 0 Å². The lowest BCUT2D eigenvalue weighted by molar-refractivity contribution is -0.550. The molecule has 2 fully saturated rings. The summed E-state index contributed by atoms with van der Waals surface area (Å²) in [6.45, 7) is 3.18. The Balaban J connectivity index is 1.85. The molecule has 0 spiro atoms. The Morgan fingerprint density at radius 3 is 2.63 bits per heavy atom. The summed E-state index contributed by atoms with van der Waals surface area (Å²) in [4.78, 5) is 23.9. The summed E-state index contributed by atoms with van der Waals surface area (Å²) >= 11 is 0. The number of Topliss-reactive ketones (excluding diaryl/α,β-unsaturated/α-hetero) is 1. The molecule has 2 bridgehead atoms. The first-order valence-electron chi connectivity index (χ1n) is 8.42. The van der Waals surface area contributed by atoms with E-state index in [9.17, 15) is 20.0 Å². The van der Waals surface area contributed by atoms with E-state index in [0.717, 1.165) is 0 Å². The molecule has 1 saturated carbocycles. The minimum Gasteiger partial charge on any atom is -0.493 e. The van der Waals surface area contributed by atoms with Crippen molar-refractivity contribution in [1.29, 1.82) is 0 Å².